The molecule has 0 heterocycles. The Kier molecular flexibility index (Phi) is 7.23. The van der Waals surface area contributed by atoms with Gasteiger partial charge in [-0.15, -0.1) is 0 Å². The minimum atomic E-state index is -3.89. The van der Waals surface area contributed by atoms with Gasteiger partial charge in [0.25, 0.3) is 15.9 Å². The molecule has 1 amide bonds. The summed E-state index contributed by atoms with van der Waals surface area (Å²) in [6.07, 6.45) is 0.986. The van der Waals surface area contributed by atoms with Gasteiger partial charge in [-0.05, 0) is 67.1 Å². The highest BCUT2D eigenvalue weighted by Crippen LogP contribution is 2.26. The van der Waals surface area contributed by atoms with Gasteiger partial charge in [-0.25, -0.2) is 16.8 Å². The first-order chi connectivity index (χ1) is 15.4. The highest BCUT2D eigenvalue weighted by atomic mass is 35.5. The fraction of sp³-hybridized carbons (Fsp3) is 0.0952. The van der Waals surface area contributed by atoms with Crippen LogP contribution >= 0.6 is 23.2 Å². The summed E-state index contributed by atoms with van der Waals surface area (Å²) in [4.78, 5) is 12.6. The quantitative estimate of drug-likeness (QED) is 0.410. The summed E-state index contributed by atoms with van der Waals surface area (Å²) in [6.45, 7) is 1.70. The monoisotopic (exact) mass is 527 g/mol. The Hall–Kier alpha value is -2.79. The van der Waals surface area contributed by atoms with Gasteiger partial charge in [0.2, 0.25) is 10.0 Å². The third kappa shape index (κ3) is 6.38. The van der Waals surface area contributed by atoms with Crippen molar-refractivity contribution in [1.29, 1.82) is 0 Å². The molecule has 0 aliphatic heterocycles. The van der Waals surface area contributed by atoms with Crippen LogP contribution in [0.15, 0.2) is 65.6 Å². The molecule has 3 aromatic rings. The average molecular weight is 528 g/mol. The smallest absolute Gasteiger partial charge is 0.261 e. The zero-order chi connectivity index (χ0) is 24.4. The molecule has 0 aromatic heterocycles. The number of amides is 1. The van der Waals surface area contributed by atoms with E-state index in [0.717, 1.165) is 6.26 Å². The molecule has 0 aliphatic rings. The molecule has 8 nitrogen and oxygen atoms in total. The Morgan fingerprint density at radius 2 is 1.45 bits per heavy atom. The zero-order valence-electron chi connectivity index (χ0n) is 17.4. The SMILES string of the molecule is Cc1c(Cl)cccc1NS(=O)(=O)c1ccc(NC(=O)c2cc(NS(C)(=O)=O)ccc2Cl)cc1. The summed E-state index contributed by atoms with van der Waals surface area (Å²) >= 11 is 12.1. The first-order valence-corrected chi connectivity index (χ1v) is 13.5. The second kappa shape index (κ2) is 9.60. The van der Waals surface area contributed by atoms with Crippen molar-refractivity contribution in [3.8, 4) is 0 Å². The van der Waals surface area contributed by atoms with Gasteiger partial charge in [0.15, 0.2) is 0 Å². The molecule has 0 saturated carbocycles. The van der Waals surface area contributed by atoms with Crippen LogP contribution in [-0.4, -0.2) is 29.0 Å². The molecule has 3 rings (SSSR count). The van der Waals surface area contributed by atoms with Gasteiger partial charge in [0.05, 0.1) is 27.4 Å². The number of hydrogen-bond donors (Lipinski definition) is 3. The van der Waals surface area contributed by atoms with Crippen LogP contribution in [0.2, 0.25) is 10.0 Å². The first-order valence-electron chi connectivity index (χ1n) is 9.32. The second-order valence-electron chi connectivity index (χ2n) is 7.07. The Bertz CT molecular complexity index is 1420. The summed E-state index contributed by atoms with van der Waals surface area (Å²) in [5.74, 6) is -0.597. The summed E-state index contributed by atoms with van der Waals surface area (Å²) in [5.41, 5.74) is 1.49. The van der Waals surface area contributed by atoms with Crippen LogP contribution in [0.5, 0.6) is 0 Å². The van der Waals surface area contributed by atoms with E-state index >= 15 is 0 Å². The van der Waals surface area contributed by atoms with Gasteiger partial charge in [-0.2, -0.15) is 0 Å². The fourth-order valence-electron chi connectivity index (χ4n) is 2.81. The molecule has 0 aliphatic carbocycles. The molecule has 0 spiro atoms. The van der Waals surface area contributed by atoms with Gasteiger partial charge in [0.1, 0.15) is 0 Å². The third-order valence-electron chi connectivity index (χ3n) is 4.45. The molecule has 0 radical (unpaired) electrons. The number of carbonyl (C=O) groups is 1. The van der Waals surface area contributed by atoms with Crippen molar-refractivity contribution in [3.05, 3.63) is 81.8 Å². The van der Waals surface area contributed by atoms with Gasteiger partial charge in [0, 0.05) is 16.4 Å². The van der Waals surface area contributed by atoms with Gasteiger partial charge in [-0.1, -0.05) is 29.3 Å². The second-order valence-corrected chi connectivity index (χ2v) is 11.3. The molecule has 0 atom stereocenters. The van der Waals surface area contributed by atoms with E-state index < -0.39 is 26.0 Å². The Morgan fingerprint density at radius 1 is 0.818 bits per heavy atom. The van der Waals surface area contributed by atoms with Crippen LogP contribution in [0.3, 0.4) is 0 Å². The normalized spacial score (nSPS) is 11.6. The number of sulfonamides is 2. The van der Waals surface area contributed by atoms with Gasteiger partial charge >= 0.3 is 0 Å². The predicted molar refractivity (Wildman–Crippen MR) is 131 cm³/mol. The zero-order valence-corrected chi connectivity index (χ0v) is 20.5. The van der Waals surface area contributed by atoms with E-state index in [1.807, 2.05) is 0 Å². The molecule has 0 unspecified atom stereocenters. The van der Waals surface area contributed by atoms with E-state index in [2.05, 4.69) is 14.8 Å². The maximum Gasteiger partial charge on any atom is 0.261 e. The summed E-state index contributed by atoms with van der Waals surface area (Å²) < 4.78 is 53.0. The molecule has 0 fully saturated rings. The molecule has 12 heteroatoms. The third-order valence-corrected chi connectivity index (χ3v) is 7.18. The number of hydrogen-bond acceptors (Lipinski definition) is 5. The van der Waals surface area contributed by atoms with Crippen molar-refractivity contribution in [2.24, 2.45) is 0 Å². The van der Waals surface area contributed by atoms with E-state index in [-0.39, 0.29) is 21.2 Å². The number of carbonyl (C=O) groups excluding carboxylic acids is 1. The maximum absolute atomic E-state index is 12.7. The Morgan fingerprint density at radius 3 is 2.09 bits per heavy atom. The van der Waals surface area contributed by atoms with Crippen molar-refractivity contribution in [2.45, 2.75) is 11.8 Å². The van der Waals surface area contributed by atoms with E-state index in [4.69, 9.17) is 23.2 Å². The number of anilines is 3. The average Bonchev–Trinajstić information content (AvgIpc) is 2.72. The summed E-state index contributed by atoms with van der Waals surface area (Å²) in [7, 11) is -7.42. The number of halogens is 2. The van der Waals surface area contributed by atoms with E-state index in [1.165, 1.54) is 42.5 Å². The van der Waals surface area contributed by atoms with Crippen LogP contribution in [0.1, 0.15) is 15.9 Å². The van der Waals surface area contributed by atoms with E-state index in [1.54, 1.807) is 25.1 Å². The van der Waals surface area contributed by atoms with Crippen LogP contribution in [0, 0.1) is 6.92 Å². The molecule has 0 bridgehead atoms. The van der Waals surface area contributed by atoms with Crippen LogP contribution in [0.4, 0.5) is 17.1 Å². The van der Waals surface area contributed by atoms with Crippen LogP contribution in [0.25, 0.3) is 0 Å². The van der Waals surface area contributed by atoms with E-state index in [0.29, 0.717) is 22.0 Å². The molecule has 3 aromatic carbocycles. The van der Waals surface area contributed by atoms with Gasteiger partial charge in [-0.3, -0.25) is 14.2 Å². The minimum absolute atomic E-state index is 0.0164. The number of benzene rings is 3. The number of rotatable bonds is 7. The lowest BCUT2D eigenvalue weighted by atomic mass is 10.2. The van der Waals surface area contributed by atoms with Crippen LogP contribution in [-0.2, 0) is 20.0 Å². The topological polar surface area (TPSA) is 121 Å². The molecule has 174 valence electrons. The van der Waals surface area contributed by atoms with Crippen molar-refractivity contribution < 1.29 is 21.6 Å². The van der Waals surface area contributed by atoms with Crippen molar-refractivity contribution >= 4 is 66.2 Å². The lowest BCUT2D eigenvalue weighted by molar-refractivity contribution is 0.102. The largest absolute Gasteiger partial charge is 0.322 e. The summed E-state index contributed by atoms with van der Waals surface area (Å²) in [5, 5.41) is 3.15. The molecular formula is C21H19Cl2N3O5S2. The Labute approximate surface area is 202 Å². The maximum atomic E-state index is 12.7. The molecular weight excluding hydrogens is 509 g/mol. The van der Waals surface area contributed by atoms with Crippen molar-refractivity contribution in [3.63, 3.8) is 0 Å². The molecule has 3 N–H and O–H groups in total. The van der Waals surface area contributed by atoms with Gasteiger partial charge < -0.3 is 5.32 Å². The molecule has 33 heavy (non-hydrogen) atoms. The fourth-order valence-corrected chi connectivity index (χ4v) is 4.87. The minimum Gasteiger partial charge on any atom is -0.322 e. The van der Waals surface area contributed by atoms with E-state index in [9.17, 15) is 21.6 Å². The standard InChI is InChI=1S/C21H19Cl2N3O5S2/c1-13-18(22)4-3-5-20(13)26-33(30,31)16-9-6-14(7-10-16)24-21(27)17-12-15(8-11-19(17)23)25-32(2,28)29/h3-12,25-26H,1-2H3,(H,24,27). The summed E-state index contributed by atoms with van der Waals surface area (Å²) in [6, 6.07) is 14.5. The lowest BCUT2D eigenvalue weighted by Crippen LogP contribution is -2.15. The number of nitrogens with one attached hydrogen (secondary N) is 3. The van der Waals surface area contributed by atoms with Crippen molar-refractivity contribution in [2.75, 3.05) is 21.0 Å². The lowest BCUT2D eigenvalue weighted by Gasteiger charge is -2.12. The van der Waals surface area contributed by atoms with Crippen molar-refractivity contribution in [1.82, 2.24) is 0 Å². The Balaban J connectivity index is 1.77. The predicted octanol–water partition coefficient (Wildman–Crippen LogP) is 4.73. The highest BCUT2D eigenvalue weighted by molar-refractivity contribution is 7.92. The first kappa shape index (κ1) is 24.8. The highest BCUT2D eigenvalue weighted by Gasteiger charge is 2.17. The van der Waals surface area contributed by atoms with Crippen LogP contribution < -0.4 is 14.8 Å². The molecule has 0 saturated heterocycles.